The molecule has 1 N–H and O–H groups in total. The zero-order chi connectivity index (χ0) is 14.1. The Hall–Kier alpha value is -1.95. The first-order chi connectivity index (χ1) is 9.66. The van der Waals surface area contributed by atoms with E-state index in [1.807, 2.05) is 36.4 Å². The van der Waals surface area contributed by atoms with Crippen LogP contribution in [0.3, 0.4) is 0 Å². The largest absolute Gasteiger partial charge is 0.360 e. The topological polar surface area (TPSA) is 49.9 Å². The number of fused-ring (bicyclic) bond motifs is 1. The number of rotatable bonds is 3. The number of halogens is 1. The lowest BCUT2D eigenvalue weighted by atomic mass is 10.0. The van der Waals surface area contributed by atoms with Gasteiger partial charge in [0.2, 0.25) is 11.6 Å². The molecule has 0 bridgehead atoms. The molecule has 3 nitrogen and oxygen atoms in total. The molecule has 3 rings (SSSR count). The van der Waals surface area contributed by atoms with Crippen molar-refractivity contribution in [2.75, 3.05) is 0 Å². The summed E-state index contributed by atoms with van der Waals surface area (Å²) in [5.41, 5.74) is 1.69. The molecule has 0 aliphatic carbocycles. The normalized spacial score (nSPS) is 10.7. The second-order valence-corrected chi connectivity index (χ2v) is 5.66. The maximum Gasteiger partial charge on any atom is 0.235 e. The van der Waals surface area contributed by atoms with E-state index in [0.29, 0.717) is 11.1 Å². The van der Waals surface area contributed by atoms with E-state index in [1.165, 1.54) is 0 Å². The Morgan fingerprint density at radius 1 is 0.900 bits per heavy atom. The van der Waals surface area contributed by atoms with Gasteiger partial charge in [-0.1, -0.05) is 18.2 Å². The van der Waals surface area contributed by atoms with E-state index in [-0.39, 0.29) is 0 Å². The van der Waals surface area contributed by atoms with Crippen LogP contribution in [-0.2, 0) is 0 Å². The van der Waals surface area contributed by atoms with Crippen molar-refractivity contribution in [1.82, 2.24) is 4.98 Å². The van der Waals surface area contributed by atoms with Gasteiger partial charge in [0.15, 0.2) is 0 Å². The first-order valence-corrected chi connectivity index (χ1v) is 7.15. The van der Waals surface area contributed by atoms with Crippen LogP contribution in [0, 0.1) is 3.57 Å². The molecule has 0 unspecified atom stereocenters. The average Bonchev–Trinajstić information content (AvgIpc) is 2.90. The molecule has 1 heterocycles. The van der Waals surface area contributed by atoms with Gasteiger partial charge in [0.05, 0.1) is 5.56 Å². The van der Waals surface area contributed by atoms with Crippen LogP contribution in [0.5, 0.6) is 0 Å². The smallest absolute Gasteiger partial charge is 0.235 e. The van der Waals surface area contributed by atoms with E-state index >= 15 is 0 Å². The van der Waals surface area contributed by atoms with Crippen LogP contribution in [0.25, 0.3) is 10.9 Å². The number of nitrogens with one attached hydrogen (secondary N) is 1. The van der Waals surface area contributed by atoms with Gasteiger partial charge in [-0.2, -0.15) is 0 Å². The Balaban J connectivity index is 2.00. The highest BCUT2D eigenvalue weighted by Gasteiger charge is 2.21. The molecule has 3 aromatic rings. The Kier molecular flexibility index (Phi) is 3.40. The highest BCUT2D eigenvalue weighted by molar-refractivity contribution is 14.1. The molecule has 0 fully saturated rings. The molecule has 1 aromatic heterocycles. The molecule has 0 aliphatic rings. The molecule has 0 radical (unpaired) electrons. The van der Waals surface area contributed by atoms with Crippen molar-refractivity contribution in [3.8, 4) is 0 Å². The summed E-state index contributed by atoms with van der Waals surface area (Å²) in [6.45, 7) is 0. The van der Waals surface area contributed by atoms with Crippen LogP contribution in [0.2, 0.25) is 0 Å². The van der Waals surface area contributed by atoms with Gasteiger partial charge >= 0.3 is 0 Å². The molecule has 98 valence electrons. The highest BCUT2D eigenvalue weighted by atomic mass is 127. The number of carbonyl (C=O) groups excluding carboxylic acids is 2. The number of hydrogen-bond donors (Lipinski definition) is 1. The zero-order valence-electron chi connectivity index (χ0n) is 10.4. The third-order valence-corrected chi connectivity index (χ3v) is 3.87. The Bertz CT molecular complexity index is 803. The lowest BCUT2D eigenvalue weighted by Crippen LogP contribution is -2.14. The summed E-state index contributed by atoms with van der Waals surface area (Å²) < 4.78 is 1.03. The first-order valence-electron chi connectivity index (χ1n) is 6.07. The van der Waals surface area contributed by atoms with E-state index in [9.17, 15) is 9.59 Å². The van der Waals surface area contributed by atoms with E-state index in [0.717, 1.165) is 14.5 Å². The number of carbonyl (C=O) groups is 2. The van der Waals surface area contributed by atoms with Crippen molar-refractivity contribution < 1.29 is 9.59 Å². The van der Waals surface area contributed by atoms with Gasteiger partial charge in [-0.05, 0) is 52.9 Å². The number of aromatic amines is 1. The second-order valence-electron chi connectivity index (χ2n) is 4.41. The predicted molar refractivity (Wildman–Crippen MR) is 86.1 cm³/mol. The van der Waals surface area contributed by atoms with Gasteiger partial charge in [-0.15, -0.1) is 0 Å². The molecule has 0 saturated carbocycles. The van der Waals surface area contributed by atoms with Crippen molar-refractivity contribution in [3.63, 3.8) is 0 Å². The summed E-state index contributed by atoms with van der Waals surface area (Å²) in [5, 5.41) is 0.774. The van der Waals surface area contributed by atoms with Gasteiger partial charge in [-0.25, -0.2) is 0 Å². The minimum absolute atomic E-state index is 0.417. The van der Waals surface area contributed by atoms with Crippen molar-refractivity contribution in [1.29, 1.82) is 0 Å². The molecule has 0 aliphatic heterocycles. The average molecular weight is 375 g/mol. The monoisotopic (exact) mass is 375 g/mol. The fourth-order valence-electron chi connectivity index (χ4n) is 2.11. The molecular weight excluding hydrogens is 365 g/mol. The Morgan fingerprint density at radius 3 is 2.35 bits per heavy atom. The molecular formula is C16H10INO2. The lowest BCUT2D eigenvalue weighted by molar-refractivity contribution is 0.0818. The third kappa shape index (κ3) is 2.27. The number of para-hydroxylation sites is 1. The minimum atomic E-state index is -0.483. The number of benzene rings is 2. The number of aromatic nitrogens is 1. The number of H-pyrrole nitrogens is 1. The molecule has 2 aromatic carbocycles. The van der Waals surface area contributed by atoms with E-state index in [1.54, 1.807) is 18.3 Å². The van der Waals surface area contributed by atoms with Gasteiger partial charge in [0, 0.05) is 26.2 Å². The quantitative estimate of drug-likeness (QED) is 0.430. The summed E-state index contributed by atoms with van der Waals surface area (Å²) in [7, 11) is 0. The maximum atomic E-state index is 12.3. The van der Waals surface area contributed by atoms with Crippen LogP contribution in [0.1, 0.15) is 20.7 Å². The van der Waals surface area contributed by atoms with E-state index in [2.05, 4.69) is 27.6 Å². The molecule has 0 atom stereocenters. The van der Waals surface area contributed by atoms with Gasteiger partial charge in [-0.3, -0.25) is 9.59 Å². The fourth-order valence-corrected chi connectivity index (χ4v) is 2.47. The summed E-state index contributed by atoms with van der Waals surface area (Å²) >= 11 is 2.16. The maximum absolute atomic E-state index is 12.3. The third-order valence-electron chi connectivity index (χ3n) is 3.15. The Morgan fingerprint density at radius 2 is 1.60 bits per heavy atom. The van der Waals surface area contributed by atoms with E-state index in [4.69, 9.17) is 0 Å². The number of Topliss-reactive ketones (excluding diaryl/α,β-unsaturated/α-hetero) is 2. The van der Waals surface area contributed by atoms with Gasteiger partial charge in [0.25, 0.3) is 0 Å². The molecule has 0 amide bonds. The summed E-state index contributed by atoms with van der Waals surface area (Å²) in [6, 6.07) is 14.4. The summed E-state index contributed by atoms with van der Waals surface area (Å²) in [5.74, 6) is -0.963. The van der Waals surface area contributed by atoms with Crippen LogP contribution in [0.15, 0.2) is 54.7 Å². The molecule has 4 heteroatoms. The highest BCUT2D eigenvalue weighted by Crippen LogP contribution is 2.20. The summed E-state index contributed by atoms with van der Waals surface area (Å²) in [6.07, 6.45) is 1.59. The van der Waals surface area contributed by atoms with Gasteiger partial charge in [0.1, 0.15) is 0 Å². The van der Waals surface area contributed by atoms with E-state index < -0.39 is 11.6 Å². The van der Waals surface area contributed by atoms with Crippen molar-refractivity contribution >= 4 is 45.1 Å². The van der Waals surface area contributed by atoms with Crippen molar-refractivity contribution in [2.24, 2.45) is 0 Å². The predicted octanol–water partition coefficient (Wildman–Crippen LogP) is 3.84. The molecule has 0 saturated heterocycles. The standard InChI is InChI=1S/C16H10INO2/c17-11-7-5-10(6-8-11)15(19)16(20)13-9-18-14-4-2-1-3-12(13)14/h1-9,18H. The summed E-state index contributed by atoms with van der Waals surface area (Å²) in [4.78, 5) is 27.6. The number of ketones is 2. The lowest BCUT2D eigenvalue weighted by Gasteiger charge is -2.00. The van der Waals surface area contributed by atoms with Crippen LogP contribution in [0.4, 0.5) is 0 Å². The van der Waals surface area contributed by atoms with Crippen molar-refractivity contribution in [2.45, 2.75) is 0 Å². The molecule has 0 spiro atoms. The van der Waals surface area contributed by atoms with Gasteiger partial charge < -0.3 is 4.98 Å². The van der Waals surface area contributed by atoms with Crippen LogP contribution < -0.4 is 0 Å². The molecule has 20 heavy (non-hydrogen) atoms. The SMILES string of the molecule is O=C(C(=O)c1c[nH]c2ccccc12)c1ccc(I)cc1. The Labute approximate surface area is 129 Å². The fraction of sp³-hybridized carbons (Fsp3) is 0. The minimum Gasteiger partial charge on any atom is -0.360 e. The number of hydrogen-bond acceptors (Lipinski definition) is 2. The zero-order valence-corrected chi connectivity index (χ0v) is 12.5. The second kappa shape index (κ2) is 5.20. The van der Waals surface area contributed by atoms with Crippen LogP contribution >= 0.6 is 22.6 Å². The van der Waals surface area contributed by atoms with Crippen LogP contribution in [-0.4, -0.2) is 16.6 Å². The van der Waals surface area contributed by atoms with Crippen molar-refractivity contribution in [3.05, 3.63) is 69.4 Å². The first kappa shape index (κ1) is 13.1.